The van der Waals surface area contributed by atoms with Crippen molar-refractivity contribution in [2.24, 2.45) is 5.92 Å². The zero-order valence-electron chi connectivity index (χ0n) is 12.6. The summed E-state index contributed by atoms with van der Waals surface area (Å²) >= 11 is 0. The Morgan fingerprint density at radius 3 is 2.38 bits per heavy atom. The Bertz CT molecular complexity index is 382. The van der Waals surface area contributed by atoms with Crippen molar-refractivity contribution in [2.75, 3.05) is 45.9 Å². The number of aliphatic carboxylic acids is 1. The van der Waals surface area contributed by atoms with Crippen LogP contribution in [0.15, 0.2) is 0 Å². The van der Waals surface area contributed by atoms with Crippen LogP contribution in [0.4, 0.5) is 4.79 Å². The van der Waals surface area contributed by atoms with Gasteiger partial charge in [-0.25, -0.2) is 4.79 Å². The highest BCUT2D eigenvalue weighted by Gasteiger charge is 2.32. The van der Waals surface area contributed by atoms with Crippen LogP contribution < -0.4 is 0 Å². The average molecular weight is 299 g/mol. The van der Waals surface area contributed by atoms with E-state index < -0.39 is 12.0 Å². The van der Waals surface area contributed by atoms with Crippen LogP contribution >= 0.6 is 0 Å². The fourth-order valence-electron chi connectivity index (χ4n) is 3.08. The van der Waals surface area contributed by atoms with Crippen LogP contribution in [-0.4, -0.2) is 88.8 Å². The molecule has 2 amide bonds. The molecule has 0 aromatic rings. The Balaban J connectivity index is 1.80. The van der Waals surface area contributed by atoms with E-state index in [1.165, 1.54) is 0 Å². The first kappa shape index (κ1) is 16.0. The minimum Gasteiger partial charge on any atom is -0.480 e. The molecule has 0 spiro atoms. The second kappa shape index (κ2) is 7.09. The van der Waals surface area contributed by atoms with Crippen molar-refractivity contribution in [1.82, 2.24) is 14.7 Å². The maximum absolute atomic E-state index is 12.4. The number of aliphatic hydroxyl groups excluding tert-OH is 1. The molecule has 2 aliphatic rings. The molecular weight excluding hydrogens is 274 g/mol. The topological polar surface area (TPSA) is 84.3 Å². The van der Waals surface area contributed by atoms with Crippen molar-refractivity contribution in [3.63, 3.8) is 0 Å². The van der Waals surface area contributed by atoms with E-state index in [9.17, 15) is 9.59 Å². The lowest BCUT2D eigenvalue weighted by Crippen LogP contribution is -2.55. The van der Waals surface area contributed by atoms with Crippen LogP contribution in [0.1, 0.15) is 19.8 Å². The zero-order valence-corrected chi connectivity index (χ0v) is 12.6. The summed E-state index contributed by atoms with van der Waals surface area (Å²) in [7, 11) is 0. The highest BCUT2D eigenvalue weighted by molar-refractivity contribution is 5.75. The van der Waals surface area contributed by atoms with Gasteiger partial charge in [-0.3, -0.25) is 9.69 Å². The molecule has 2 saturated heterocycles. The SMILES string of the molecule is CC(C(=O)O)N1CCN(C(=O)N2CCC(CCO)C2)CC1. The molecule has 2 rings (SSSR count). The molecule has 0 saturated carbocycles. The van der Waals surface area contributed by atoms with Gasteiger partial charge in [0.25, 0.3) is 0 Å². The number of carbonyl (C=O) groups excluding carboxylic acids is 1. The summed E-state index contributed by atoms with van der Waals surface area (Å²) in [6.07, 6.45) is 1.72. The first-order chi connectivity index (χ1) is 10.0. The summed E-state index contributed by atoms with van der Waals surface area (Å²) in [6, 6.07) is -0.443. The van der Waals surface area contributed by atoms with Gasteiger partial charge in [0, 0.05) is 45.9 Å². The number of likely N-dealkylation sites (tertiary alicyclic amines) is 1. The smallest absolute Gasteiger partial charge is 0.320 e. The van der Waals surface area contributed by atoms with Gasteiger partial charge in [0.1, 0.15) is 6.04 Å². The van der Waals surface area contributed by atoms with Gasteiger partial charge in [-0.2, -0.15) is 0 Å². The number of hydrogen-bond acceptors (Lipinski definition) is 4. The Hall–Kier alpha value is -1.34. The molecule has 2 N–H and O–H groups in total. The molecule has 7 heteroatoms. The first-order valence-corrected chi connectivity index (χ1v) is 7.64. The number of carboxylic acids is 1. The number of piperazine rings is 1. The third-order valence-corrected chi connectivity index (χ3v) is 4.58. The zero-order chi connectivity index (χ0) is 15.4. The molecule has 2 atom stereocenters. The minimum atomic E-state index is -0.818. The van der Waals surface area contributed by atoms with Crippen molar-refractivity contribution in [1.29, 1.82) is 0 Å². The van der Waals surface area contributed by atoms with Crippen LogP contribution in [0, 0.1) is 5.92 Å². The summed E-state index contributed by atoms with van der Waals surface area (Å²) in [6.45, 7) is 5.72. The van der Waals surface area contributed by atoms with Crippen molar-refractivity contribution >= 4 is 12.0 Å². The Labute approximate surface area is 125 Å². The first-order valence-electron chi connectivity index (χ1n) is 7.64. The number of hydrogen-bond donors (Lipinski definition) is 2. The molecule has 0 aliphatic carbocycles. The van der Waals surface area contributed by atoms with Crippen LogP contribution in [0.25, 0.3) is 0 Å². The van der Waals surface area contributed by atoms with Crippen molar-refractivity contribution < 1.29 is 19.8 Å². The normalized spacial score (nSPS) is 25.1. The standard InChI is InChI=1S/C14H25N3O4/c1-11(13(19)20)15-5-7-16(8-6-15)14(21)17-4-2-12(10-17)3-9-18/h11-12,18H,2-10H2,1H3,(H,19,20). The Morgan fingerprint density at radius 2 is 1.81 bits per heavy atom. The van der Waals surface area contributed by atoms with Gasteiger partial charge in [-0.1, -0.05) is 0 Å². The number of rotatable bonds is 4. The van der Waals surface area contributed by atoms with Gasteiger partial charge in [-0.15, -0.1) is 0 Å². The van der Waals surface area contributed by atoms with E-state index in [-0.39, 0.29) is 12.6 Å². The highest BCUT2D eigenvalue weighted by Crippen LogP contribution is 2.21. The van der Waals surface area contributed by atoms with Crippen molar-refractivity contribution in [3.8, 4) is 0 Å². The van der Waals surface area contributed by atoms with E-state index in [1.54, 1.807) is 6.92 Å². The molecule has 2 fully saturated rings. The van der Waals surface area contributed by atoms with Crippen LogP contribution in [0.5, 0.6) is 0 Å². The summed E-state index contributed by atoms with van der Waals surface area (Å²) in [5.41, 5.74) is 0. The maximum Gasteiger partial charge on any atom is 0.320 e. The average Bonchev–Trinajstić information content (AvgIpc) is 2.95. The summed E-state index contributed by atoms with van der Waals surface area (Å²) < 4.78 is 0. The molecule has 0 radical (unpaired) electrons. The lowest BCUT2D eigenvalue weighted by molar-refractivity contribution is -0.143. The van der Waals surface area contributed by atoms with Gasteiger partial charge >= 0.3 is 12.0 Å². The number of urea groups is 1. The lowest BCUT2D eigenvalue weighted by atomic mass is 10.1. The lowest BCUT2D eigenvalue weighted by Gasteiger charge is -2.38. The predicted molar refractivity (Wildman–Crippen MR) is 77.0 cm³/mol. The second-order valence-electron chi connectivity index (χ2n) is 5.93. The van der Waals surface area contributed by atoms with Gasteiger partial charge in [0.05, 0.1) is 0 Å². The largest absolute Gasteiger partial charge is 0.480 e. The minimum absolute atomic E-state index is 0.0538. The van der Waals surface area contributed by atoms with E-state index in [4.69, 9.17) is 10.2 Å². The number of aliphatic hydroxyl groups is 1. The second-order valence-corrected chi connectivity index (χ2v) is 5.93. The van der Waals surface area contributed by atoms with Gasteiger partial charge in [0.15, 0.2) is 0 Å². The summed E-state index contributed by atoms with van der Waals surface area (Å²) in [5, 5.41) is 18.0. The Kier molecular flexibility index (Phi) is 5.41. The highest BCUT2D eigenvalue weighted by atomic mass is 16.4. The molecule has 2 unspecified atom stereocenters. The molecule has 0 bridgehead atoms. The van der Waals surface area contributed by atoms with E-state index in [1.807, 2.05) is 14.7 Å². The van der Waals surface area contributed by atoms with Crippen LogP contribution in [0.3, 0.4) is 0 Å². The third kappa shape index (κ3) is 3.85. The molecular formula is C14H25N3O4. The van der Waals surface area contributed by atoms with E-state index in [2.05, 4.69) is 0 Å². The van der Waals surface area contributed by atoms with Crippen LogP contribution in [0.2, 0.25) is 0 Å². The molecule has 120 valence electrons. The quantitative estimate of drug-likeness (QED) is 0.757. The number of carbonyl (C=O) groups is 2. The summed E-state index contributed by atoms with van der Waals surface area (Å²) in [5.74, 6) is -0.409. The fraction of sp³-hybridized carbons (Fsp3) is 0.857. The number of carboxylic acid groups (broad SMARTS) is 1. The molecule has 2 aliphatic heterocycles. The Morgan fingerprint density at radius 1 is 1.14 bits per heavy atom. The third-order valence-electron chi connectivity index (χ3n) is 4.58. The van der Waals surface area contributed by atoms with Gasteiger partial charge < -0.3 is 20.0 Å². The molecule has 0 aromatic carbocycles. The van der Waals surface area contributed by atoms with Gasteiger partial charge in [-0.05, 0) is 25.7 Å². The molecule has 21 heavy (non-hydrogen) atoms. The monoisotopic (exact) mass is 299 g/mol. The van der Waals surface area contributed by atoms with Crippen molar-refractivity contribution in [2.45, 2.75) is 25.8 Å². The van der Waals surface area contributed by atoms with Crippen molar-refractivity contribution in [3.05, 3.63) is 0 Å². The van der Waals surface area contributed by atoms with E-state index >= 15 is 0 Å². The molecule has 0 aromatic heterocycles. The summed E-state index contributed by atoms with van der Waals surface area (Å²) in [4.78, 5) is 28.9. The maximum atomic E-state index is 12.4. The fourth-order valence-corrected chi connectivity index (χ4v) is 3.08. The van der Waals surface area contributed by atoms with E-state index in [0.717, 1.165) is 25.9 Å². The molecule has 7 nitrogen and oxygen atoms in total. The molecule has 2 heterocycles. The number of amides is 2. The van der Waals surface area contributed by atoms with E-state index in [0.29, 0.717) is 32.1 Å². The predicted octanol–water partition coefficient (Wildman–Crippen LogP) is -0.0986. The van der Waals surface area contributed by atoms with Gasteiger partial charge in [0.2, 0.25) is 0 Å². The van der Waals surface area contributed by atoms with Crippen LogP contribution in [-0.2, 0) is 4.79 Å². The number of nitrogens with zero attached hydrogens (tertiary/aromatic N) is 3.